The van der Waals surface area contributed by atoms with Crippen LogP contribution in [0.15, 0.2) is 0 Å². The number of nitrogens with zero attached hydrogens (tertiary/aromatic N) is 1. The number of likely N-dealkylation sites (tertiary alicyclic amines) is 1. The zero-order valence-electron chi connectivity index (χ0n) is 14.1. The summed E-state index contributed by atoms with van der Waals surface area (Å²) in [5.74, 6) is 1.19. The molecule has 21 heavy (non-hydrogen) atoms. The zero-order chi connectivity index (χ0) is 15.8. The van der Waals surface area contributed by atoms with E-state index < -0.39 is 6.10 Å². The lowest BCUT2D eigenvalue weighted by Crippen LogP contribution is -2.49. The molecule has 0 saturated carbocycles. The number of carbonyl (C=O) groups is 1. The van der Waals surface area contributed by atoms with Gasteiger partial charge in [-0.3, -0.25) is 0 Å². The van der Waals surface area contributed by atoms with Crippen LogP contribution < -0.4 is 10.6 Å². The fourth-order valence-electron chi connectivity index (χ4n) is 3.00. The number of hydrogen-bond donors (Lipinski definition) is 3. The Kier molecular flexibility index (Phi) is 8.04. The van der Waals surface area contributed by atoms with E-state index in [1.54, 1.807) is 0 Å². The van der Waals surface area contributed by atoms with E-state index in [4.69, 9.17) is 0 Å². The molecule has 3 unspecified atom stereocenters. The highest BCUT2D eigenvalue weighted by Gasteiger charge is 2.19. The van der Waals surface area contributed by atoms with Crippen molar-refractivity contribution in [3.05, 3.63) is 0 Å². The van der Waals surface area contributed by atoms with Gasteiger partial charge in [0.2, 0.25) is 0 Å². The van der Waals surface area contributed by atoms with Crippen LogP contribution >= 0.6 is 0 Å². The molecule has 0 aromatic heterocycles. The van der Waals surface area contributed by atoms with Crippen molar-refractivity contribution in [3.8, 4) is 0 Å². The summed E-state index contributed by atoms with van der Waals surface area (Å²) in [5, 5.41) is 15.4. The molecule has 1 heterocycles. The van der Waals surface area contributed by atoms with Crippen molar-refractivity contribution < 1.29 is 9.90 Å². The minimum absolute atomic E-state index is 0.123. The van der Waals surface area contributed by atoms with Gasteiger partial charge in [-0.1, -0.05) is 20.8 Å². The molecule has 5 nitrogen and oxygen atoms in total. The monoisotopic (exact) mass is 299 g/mol. The van der Waals surface area contributed by atoms with Gasteiger partial charge in [0, 0.05) is 25.7 Å². The van der Waals surface area contributed by atoms with Crippen molar-refractivity contribution in [2.24, 2.45) is 11.8 Å². The number of aliphatic hydroxyl groups is 1. The largest absolute Gasteiger partial charge is 0.391 e. The second kappa shape index (κ2) is 9.26. The molecule has 0 aromatic carbocycles. The van der Waals surface area contributed by atoms with E-state index in [2.05, 4.69) is 36.3 Å². The highest BCUT2D eigenvalue weighted by molar-refractivity contribution is 5.74. The lowest BCUT2D eigenvalue weighted by molar-refractivity contribution is 0.145. The Morgan fingerprint density at radius 2 is 2.10 bits per heavy atom. The van der Waals surface area contributed by atoms with Gasteiger partial charge in [-0.2, -0.15) is 0 Å². The Labute approximate surface area is 129 Å². The first-order valence-corrected chi connectivity index (χ1v) is 8.31. The summed E-state index contributed by atoms with van der Waals surface area (Å²) < 4.78 is 0. The normalized spacial score (nSPS) is 22.9. The Bertz CT molecular complexity index is 310. The van der Waals surface area contributed by atoms with Crippen LogP contribution in [0.25, 0.3) is 0 Å². The van der Waals surface area contributed by atoms with Crippen molar-refractivity contribution in [3.63, 3.8) is 0 Å². The Balaban J connectivity index is 2.18. The van der Waals surface area contributed by atoms with Gasteiger partial charge in [-0.05, 0) is 44.6 Å². The van der Waals surface area contributed by atoms with E-state index in [9.17, 15) is 9.90 Å². The number of urea groups is 1. The fourth-order valence-corrected chi connectivity index (χ4v) is 3.00. The number of aliphatic hydroxyl groups excluding tert-OH is 1. The molecule has 1 aliphatic heterocycles. The lowest BCUT2D eigenvalue weighted by Gasteiger charge is -2.32. The molecule has 0 aromatic rings. The molecule has 0 spiro atoms. The number of rotatable bonds is 7. The van der Waals surface area contributed by atoms with Crippen LogP contribution in [0.1, 0.15) is 47.0 Å². The van der Waals surface area contributed by atoms with Crippen LogP contribution in [-0.2, 0) is 0 Å². The molecule has 5 heteroatoms. The van der Waals surface area contributed by atoms with Crippen molar-refractivity contribution in [2.75, 3.05) is 26.2 Å². The minimum Gasteiger partial charge on any atom is -0.391 e. The predicted octanol–water partition coefficient (Wildman–Crippen LogP) is 1.81. The van der Waals surface area contributed by atoms with Crippen LogP contribution in [0.5, 0.6) is 0 Å². The summed E-state index contributed by atoms with van der Waals surface area (Å²) in [7, 11) is 0. The Hall–Kier alpha value is -0.810. The number of carbonyl (C=O) groups excluding carboxylic acids is 1. The number of amides is 2. The van der Waals surface area contributed by atoms with Crippen LogP contribution in [0.3, 0.4) is 0 Å². The third-order valence-electron chi connectivity index (χ3n) is 3.89. The maximum atomic E-state index is 11.8. The molecule has 0 radical (unpaired) electrons. The zero-order valence-corrected chi connectivity index (χ0v) is 14.1. The highest BCUT2D eigenvalue weighted by atomic mass is 16.3. The van der Waals surface area contributed by atoms with Crippen LogP contribution in [-0.4, -0.2) is 54.4 Å². The van der Waals surface area contributed by atoms with Crippen molar-refractivity contribution in [2.45, 2.75) is 59.1 Å². The van der Waals surface area contributed by atoms with Gasteiger partial charge in [0.05, 0.1) is 6.10 Å². The molecular formula is C16H33N3O2. The number of piperidine rings is 1. The summed E-state index contributed by atoms with van der Waals surface area (Å²) in [4.78, 5) is 14.2. The maximum absolute atomic E-state index is 11.8. The van der Waals surface area contributed by atoms with E-state index in [1.807, 2.05) is 6.92 Å². The molecule has 3 N–H and O–H groups in total. The average molecular weight is 299 g/mol. The molecule has 2 amide bonds. The first-order chi connectivity index (χ1) is 9.86. The predicted molar refractivity (Wildman–Crippen MR) is 86.3 cm³/mol. The molecule has 0 bridgehead atoms. The van der Waals surface area contributed by atoms with Crippen molar-refractivity contribution in [1.82, 2.24) is 15.5 Å². The summed E-state index contributed by atoms with van der Waals surface area (Å²) in [6.45, 7) is 11.9. The van der Waals surface area contributed by atoms with Gasteiger partial charge in [0.15, 0.2) is 0 Å². The van der Waals surface area contributed by atoms with Gasteiger partial charge in [0.25, 0.3) is 0 Å². The topological polar surface area (TPSA) is 64.6 Å². The van der Waals surface area contributed by atoms with Crippen molar-refractivity contribution >= 4 is 6.03 Å². The fraction of sp³-hybridized carbons (Fsp3) is 0.938. The third kappa shape index (κ3) is 8.27. The molecule has 1 rings (SSSR count). The second-order valence-electron chi connectivity index (χ2n) is 7.05. The summed E-state index contributed by atoms with van der Waals surface area (Å²) >= 11 is 0. The quantitative estimate of drug-likeness (QED) is 0.672. The van der Waals surface area contributed by atoms with Crippen LogP contribution in [0, 0.1) is 11.8 Å². The summed E-state index contributed by atoms with van der Waals surface area (Å²) in [6, 6.07) is -0.0621. The molecule has 0 aliphatic carbocycles. The standard InChI is InChI=1S/C16H33N3O2/c1-12(2)8-15(20)9-17-16(21)18-14(4)11-19-7-5-6-13(3)10-19/h12-15,20H,5-11H2,1-4H3,(H2,17,18,21). The Morgan fingerprint density at radius 1 is 1.38 bits per heavy atom. The molecule has 1 fully saturated rings. The minimum atomic E-state index is -0.464. The van der Waals surface area contributed by atoms with Gasteiger partial charge in [0.1, 0.15) is 0 Å². The van der Waals surface area contributed by atoms with Gasteiger partial charge >= 0.3 is 6.03 Å². The molecule has 3 atom stereocenters. The van der Waals surface area contributed by atoms with Crippen LogP contribution in [0.4, 0.5) is 4.79 Å². The average Bonchev–Trinajstić information content (AvgIpc) is 2.35. The highest BCUT2D eigenvalue weighted by Crippen LogP contribution is 2.15. The maximum Gasteiger partial charge on any atom is 0.315 e. The van der Waals surface area contributed by atoms with Crippen LogP contribution in [0.2, 0.25) is 0 Å². The molecule has 124 valence electrons. The Morgan fingerprint density at radius 3 is 2.71 bits per heavy atom. The van der Waals surface area contributed by atoms with Gasteiger partial charge in [-0.25, -0.2) is 4.79 Å². The second-order valence-corrected chi connectivity index (χ2v) is 7.05. The third-order valence-corrected chi connectivity index (χ3v) is 3.89. The SMILES string of the molecule is CC(C)CC(O)CNC(=O)NC(C)CN1CCCC(C)C1. The van der Waals surface area contributed by atoms with E-state index in [0.717, 1.165) is 25.6 Å². The molecule has 1 saturated heterocycles. The number of hydrogen-bond acceptors (Lipinski definition) is 3. The van der Waals surface area contributed by atoms with Gasteiger partial charge in [-0.15, -0.1) is 0 Å². The number of nitrogens with one attached hydrogen (secondary N) is 2. The van der Waals surface area contributed by atoms with E-state index in [1.165, 1.54) is 12.8 Å². The summed E-state index contributed by atoms with van der Waals surface area (Å²) in [6.07, 6.45) is 2.81. The van der Waals surface area contributed by atoms with Gasteiger partial charge < -0.3 is 20.6 Å². The van der Waals surface area contributed by atoms with Crippen molar-refractivity contribution in [1.29, 1.82) is 0 Å². The smallest absolute Gasteiger partial charge is 0.315 e. The first-order valence-electron chi connectivity index (χ1n) is 8.31. The van der Waals surface area contributed by atoms with E-state index in [0.29, 0.717) is 18.9 Å². The first kappa shape index (κ1) is 18.2. The lowest BCUT2D eigenvalue weighted by atomic mass is 10.00. The molecule has 1 aliphatic rings. The van der Waals surface area contributed by atoms with E-state index >= 15 is 0 Å². The molecular weight excluding hydrogens is 266 g/mol. The van der Waals surface area contributed by atoms with E-state index in [-0.39, 0.29) is 12.1 Å². The summed E-state index contributed by atoms with van der Waals surface area (Å²) in [5.41, 5.74) is 0.